The van der Waals surface area contributed by atoms with Crippen molar-refractivity contribution in [2.75, 3.05) is 13.6 Å². The van der Waals surface area contributed by atoms with Crippen LogP contribution in [0, 0.1) is 17.8 Å². The van der Waals surface area contributed by atoms with Crippen LogP contribution in [-0.4, -0.2) is 24.4 Å². The Bertz CT molecular complexity index is 492. The third-order valence-corrected chi connectivity index (χ3v) is 3.54. The van der Waals surface area contributed by atoms with Crippen molar-refractivity contribution in [1.82, 2.24) is 4.90 Å². The Kier molecular flexibility index (Phi) is 4.59. The highest BCUT2D eigenvalue weighted by Crippen LogP contribution is 2.28. The maximum Gasteiger partial charge on any atom is 0.225 e. The van der Waals surface area contributed by atoms with E-state index >= 15 is 0 Å². The van der Waals surface area contributed by atoms with Gasteiger partial charge in [0.2, 0.25) is 5.91 Å². The van der Waals surface area contributed by atoms with Gasteiger partial charge in [-0.05, 0) is 30.5 Å². The molecule has 2 N–H and O–H groups in total. The summed E-state index contributed by atoms with van der Waals surface area (Å²) < 4.78 is 0. The summed E-state index contributed by atoms with van der Waals surface area (Å²) in [5, 5.41) is 0. The third kappa shape index (κ3) is 3.59. The van der Waals surface area contributed by atoms with Crippen molar-refractivity contribution in [2.24, 2.45) is 11.7 Å². The maximum atomic E-state index is 12.0. The number of hydrogen-bond donors (Lipinski definition) is 1. The molecule has 3 nitrogen and oxygen atoms in total. The summed E-state index contributed by atoms with van der Waals surface area (Å²) in [7, 11) is 1.88. The molecule has 1 aliphatic carbocycles. The van der Waals surface area contributed by atoms with Crippen LogP contribution >= 0.6 is 0 Å². The summed E-state index contributed by atoms with van der Waals surface area (Å²) in [5.41, 5.74) is 7.43. The molecule has 0 saturated heterocycles. The molecule has 1 aliphatic rings. The van der Waals surface area contributed by atoms with E-state index in [2.05, 4.69) is 11.8 Å². The van der Waals surface area contributed by atoms with Crippen LogP contribution in [0.15, 0.2) is 24.3 Å². The highest BCUT2D eigenvalue weighted by molar-refractivity contribution is 5.79. The Balaban J connectivity index is 1.93. The quantitative estimate of drug-likeness (QED) is 0.838. The molecule has 1 saturated carbocycles. The fourth-order valence-corrected chi connectivity index (χ4v) is 2.17. The predicted molar refractivity (Wildman–Crippen MR) is 76.2 cm³/mol. The summed E-state index contributed by atoms with van der Waals surface area (Å²) in [4.78, 5) is 13.9. The van der Waals surface area contributed by atoms with Crippen molar-refractivity contribution in [3.63, 3.8) is 0 Å². The van der Waals surface area contributed by atoms with Crippen LogP contribution in [0.25, 0.3) is 0 Å². The molecule has 100 valence electrons. The standard InChI is InChI=1S/C16H20N2O/c1-18(16(19)15-5-2-6-15)12-14-9-7-13(8-10-14)4-3-11-17/h7-10,15H,2,5-6,11-12,17H2,1H3. The first-order chi connectivity index (χ1) is 9.20. The first-order valence-corrected chi connectivity index (χ1v) is 6.73. The second kappa shape index (κ2) is 6.40. The van der Waals surface area contributed by atoms with Crippen LogP contribution in [0.3, 0.4) is 0 Å². The van der Waals surface area contributed by atoms with Gasteiger partial charge in [-0.25, -0.2) is 0 Å². The normalized spacial score (nSPS) is 14.2. The van der Waals surface area contributed by atoms with Crippen LogP contribution in [0.5, 0.6) is 0 Å². The average molecular weight is 256 g/mol. The van der Waals surface area contributed by atoms with Gasteiger partial charge in [-0.15, -0.1) is 0 Å². The second-order valence-electron chi connectivity index (χ2n) is 5.02. The minimum absolute atomic E-state index is 0.264. The SMILES string of the molecule is CN(Cc1ccc(C#CCN)cc1)C(=O)C1CCC1. The molecule has 1 amide bonds. The van der Waals surface area contributed by atoms with Crippen molar-refractivity contribution in [2.45, 2.75) is 25.8 Å². The fourth-order valence-electron chi connectivity index (χ4n) is 2.17. The van der Waals surface area contributed by atoms with Crippen molar-refractivity contribution in [1.29, 1.82) is 0 Å². The summed E-state index contributed by atoms with van der Waals surface area (Å²) in [6, 6.07) is 7.98. The number of nitrogens with zero attached hydrogens (tertiary/aromatic N) is 1. The zero-order valence-electron chi connectivity index (χ0n) is 11.4. The lowest BCUT2D eigenvalue weighted by atomic mass is 9.84. The number of nitrogens with two attached hydrogens (primary N) is 1. The van der Waals surface area contributed by atoms with E-state index in [0.29, 0.717) is 13.1 Å². The second-order valence-corrected chi connectivity index (χ2v) is 5.02. The van der Waals surface area contributed by atoms with E-state index in [0.717, 1.165) is 24.0 Å². The Hall–Kier alpha value is -1.79. The van der Waals surface area contributed by atoms with Crippen LogP contribution in [-0.2, 0) is 11.3 Å². The molecule has 0 spiro atoms. The van der Waals surface area contributed by atoms with Crippen LogP contribution in [0.1, 0.15) is 30.4 Å². The molecule has 1 fully saturated rings. The molecular formula is C16H20N2O. The first-order valence-electron chi connectivity index (χ1n) is 6.73. The van der Waals surface area contributed by atoms with E-state index in [-0.39, 0.29) is 11.8 Å². The highest BCUT2D eigenvalue weighted by atomic mass is 16.2. The molecular weight excluding hydrogens is 236 g/mol. The number of hydrogen-bond acceptors (Lipinski definition) is 2. The molecule has 1 aromatic rings. The number of carbonyl (C=O) groups excluding carboxylic acids is 1. The van der Waals surface area contributed by atoms with Gasteiger partial charge in [0.15, 0.2) is 0 Å². The van der Waals surface area contributed by atoms with Gasteiger partial charge >= 0.3 is 0 Å². The molecule has 0 radical (unpaired) electrons. The Morgan fingerprint density at radius 2 is 2.05 bits per heavy atom. The topological polar surface area (TPSA) is 46.3 Å². The fraction of sp³-hybridized carbons (Fsp3) is 0.438. The molecule has 0 unspecified atom stereocenters. The number of rotatable bonds is 3. The lowest BCUT2D eigenvalue weighted by Crippen LogP contribution is -2.35. The van der Waals surface area contributed by atoms with Gasteiger partial charge in [-0.3, -0.25) is 4.79 Å². The van der Waals surface area contributed by atoms with Crippen molar-refractivity contribution < 1.29 is 4.79 Å². The summed E-state index contributed by atoms with van der Waals surface area (Å²) in [5.74, 6) is 6.35. The predicted octanol–water partition coefficient (Wildman–Crippen LogP) is 1.76. The molecule has 0 heterocycles. The molecule has 19 heavy (non-hydrogen) atoms. The molecule has 3 heteroatoms. The van der Waals surface area contributed by atoms with Crippen LogP contribution < -0.4 is 5.73 Å². The summed E-state index contributed by atoms with van der Waals surface area (Å²) in [6.45, 7) is 1.04. The minimum Gasteiger partial charge on any atom is -0.341 e. The van der Waals surface area contributed by atoms with Gasteiger partial charge < -0.3 is 10.6 Å². The molecule has 0 bridgehead atoms. The Labute approximate surface area is 114 Å². The first kappa shape index (κ1) is 13.6. The van der Waals surface area contributed by atoms with Gasteiger partial charge in [-0.2, -0.15) is 0 Å². The monoisotopic (exact) mass is 256 g/mol. The molecule has 0 atom stereocenters. The summed E-state index contributed by atoms with van der Waals surface area (Å²) in [6.07, 6.45) is 3.30. The van der Waals surface area contributed by atoms with Gasteiger partial charge in [0.1, 0.15) is 0 Å². The lowest BCUT2D eigenvalue weighted by molar-refractivity contribution is -0.137. The van der Waals surface area contributed by atoms with Gasteiger partial charge in [0.05, 0.1) is 6.54 Å². The minimum atomic E-state index is 0.264. The largest absolute Gasteiger partial charge is 0.341 e. The number of amides is 1. The van der Waals surface area contributed by atoms with E-state index in [1.165, 1.54) is 6.42 Å². The highest BCUT2D eigenvalue weighted by Gasteiger charge is 2.27. The van der Waals surface area contributed by atoms with E-state index < -0.39 is 0 Å². The molecule has 1 aromatic carbocycles. The number of carbonyl (C=O) groups is 1. The number of benzene rings is 1. The van der Waals surface area contributed by atoms with E-state index in [1.807, 2.05) is 36.2 Å². The zero-order chi connectivity index (χ0) is 13.7. The average Bonchev–Trinajstić information content (AvgIpc) is 2.36. The molecule has 2 rings (SSSR count). The summed E-state index contributed by atoms with van der Waals surface area (Å²) >= 11 is 0. The third-order valence-electron chi connectivity index (χ3n) is 3.54. The van der Waals surface area contributed by atoms with Crippen molar-refractivity contribution in [3.8, 4) is 11.8 Å². The zero-order valence-corrected chi connectivity index (χ0v) is 11.4. The smallest absolute Gasteiger partial charge is 0.225 e. The molecule has 0 aromatic heterocycles. The van der Waals surface area contributed by atoms with E-state index in [9.17, 15) is 4.79 Å². The van der Waals surface area contributed by atoms with E-state index in [4.69, 9.17) is 5.73 Å². The Morgan fingerprint density at radius 1 is 1.37 bits per heavy atom. The van der Waals surface area contributed by atoms with Gasteiger partial charge in [-0.1, -0.05) is 30.4 Å². The van der Waals surface area contributed by atoms with Crippen LogP contribution in [0.2, 0.25) is 0 Å². The Morgan fingerprint density at radius 3 is 2.58 bits per heavy atom. The lowest BCUT2D eigenvalue weighted by Gasteiger charge is -2.29. The van der Waals surface area contributed by atoms with Gasteiger partial charge in [0, 0.05) is 25.1 Å². The van der Waals surface area contributed by atoms with Crippen LogP contribution in [0.4, 0.5) is 0 Å². The van der Waals surface area contributed by atoms with E-state index in [1.54, 1.807) is 0 Å². The van der Waals surface area contributed by atoms with Gasteiger partial charge in [0.25, 0.3) is 0 Å². The van der Waals surface area contributed by atoms with Crippen molar-refractivity contribution in [3.05, 3.63) is 35.4 Å². The maximum absolute atomic E-state index is 12.0. The van der Waals surface area contributed by atoms with Crippen molar-refractivity contribution >= 4 is 5.91 Å². The molecule has 0 aliphatic heterocycles.